The number of hydrogen-bond donors (Lipinski definition) is 2. The summed E-state index contributed by atoms with van der Waals surface area (Å²) < 4.78 is 6.69. The Bertz CT molecular complexity index is 958. The van der Waals surface area contributed by atoms with Crippen molar-refractivity contribution < 1.29 is 14.6 Å². The number of aryl methyl sites for hydroxylation is 3. The Morgan fingerprint density at radius 1 is 1.27 bits per heavy atom. The van der Waals surface area contributed by atoms with Crippen LogP contribution in [0, 0.1) is 13.8 Å². The minimum atomic E-state index is -0.951. The fraction of sp³-hybridized carbons (Fsp3) is 0.250. The predicted octanol–water partition coefficient (Wildman–Crippen LogP) is 5.91. The Balaban J connectivity index is 1.73. The number of aromatic nitrogens is 1. The number of ether oxygens (including phenoxy) is 1. The van der Waals surface area contributed by atoms with Crippen LogP contribution in [-0.4, -0.2) is 22.7 Å². The van der Waals surface area contributed by atoms with Crippen molar-refractivity contribution in [1.29, 1.82) is 0 Å². The lowest BCUT2D eigenvalue weighted by Gasteiger charge is -2.10. The number of carboxylic acid groups (broad SMARTS) is 1. The van der Waals surface area contributed by atoms with Crippen LogP contribution in [0.3, 0.4) is 0 Å². The quantitative estimate of drug-likeness (QED) is 0.472. The van der Waals surface area contributed by atoms with Gasteiger partial charge in [0.05, 0.1) is 12.1 Å². The molecule has 0 amide bonds. The predicted molar refractivity (Wildman–Crippen MR) is 108 cm³/mol. The van der Waals surface area contributed by atoms with Crippen molar-refractivity contribution in [1.82, 2.24) is 4.98 Å². The molecule has 0 spiro atoms. The maximum atomic E-state index is 11.6. The van der Waals surface area contributed by atoms with E-state index in [9.17, 15) is 9.90 Å². The molecule has 0 saturated heterocycles. The first-order chi connectivity index (χ1) is 12.4. The Morgan fingerprint density at radius 3 is 2.62 bits per heavy atom. The van der Waals surface area contributed by atoms with E-state index in [1.54, 1.807) is 0 Å². The van der Waals surface area contributed by atoms with Gasteiger partial charge in [-0.1, -0.05) is 23.7 Å². The van der Waals surface area contributed by atoms with Gasteiger partial charge in [0.25, 0.3) is 0 Å². The van der Waals surface area contributed by atoms with Crippen molar-refractivity contribution in [2.75, 3.05) is 6.61 Å². The van der Waals surface area contributed by atoms with E-state index in [-0.39, 0.29) is 5.69 Å². The lowest BCUT2D eigenvalue weighted by atomic mass is 10.1. The zero-order valence-electron chi connectivity index (χ0n) is 14.5. The summed E-state index contributed by atoms with van der Waals surface area (Å²) in [4.78, 5) is 14.6. The summed E-state index contributed by atoms with van der Waals surface area (Å²) in [6, 6.07) is 9.57. The third-order valence-electron chi connectivity index (χ3n) is 4.35. The van der Waals surface area contributed by atoms with E-state index in [1.165, 1.54) is 0 Å². The fourth-order valence-electron chi connectivity index (χ4n) is 3.11. The van der Waals surface area contributed by atoms with Gasteiger partial charge in [-0.15, -0.1) is 0 Å². The molecular formula is C20H19BrClNO3. The van der Waals surface area contributed by atoms with Gasteiger partial charge in [0.2, 0.25) is 0 Å². The van der Waals surface area contributed by atoms with E-state index in [0.29, 0.717) is 19.4 Å². The van der Waals surface area contributed by atoms with Crippen LogP contribution in [0.1, 0.15) is 33.6 Å². The minimum Gasteiger partial charge on any atom is -0.494 e. The van der Waals surface area contributed by atoms with Gasteiger partial charge < -0.3 is 14.8 Å². The monoisotopic (exact) mass is 435 g/mol. The molecular weight excluding hydrogens is 418 g/mol. The highest BCUT2D eigenvalue weighted by Gasteiger charge is 2.17. The van der Waals surface area contributed by atoms with Crippen LogP contribution in [-0.2, 0) is 6.42 Å². The number of H-pyrrole nitrogens is 1. The normalized spacial score (nSPS) is 11.1. The summed E-state index contributed by atoms with van der Waals surface area (Å²) in [6.07, 6.45) is 1.32. The molecule has 1 aromatic heterocycles. The SMILES string of the molecule is Cc1cc(OCCCc2c(C(=O)O)[nH]c3c(Br)cccc23)cc(C)c1Cl. The van der Waals surface area contributed by atoms with Crippen LogP contribution in [0.25, 0.3) is 10.9 Å². The molecule has 3 rings (SSSR count). The number of aromatic amines is 1. The van der Waals surface area contributed by atoms with Crippen molar-refractivity contribution in [2.24, 2.45) is 0 Å². The zero-order valence-corrected chi connectivity index (χ0v) is 16.9. The Hall–Kier alpha value is -1.98. The average molecular weight is 437 g/mol. The van der Waals surface area contributed by atoms with Crippen molar-refractivity contribution in [2.45, 2.75) is 26.7 Å². The zero-order chi connectivity index (χ0) is 18.8. The largest absolute Gasteiger partial charge is 0.494 e. The highest BCUT2D eigenvalue weighted by Crippen LogP contribution is 2.30. The third-order valence-corrected chi connectivity index (χ3v) is 5.61. The molecule has 0 aliphatic rings. The van der Waals surface area contributed by atoms with Gasteiger partial charge in [-0.3, -0.25) is 0 Å². The molecule has 4 nitrogen and oxygen atoms in total. The van der Waals surface area contributed by atoms with Gasteiger partial charge in [-0.2, -0.15) is 0 Å². The average Bonchev–Trinajstić information content (AvgIpc) is 2.97. The molecule has 1 heterocycles. The molecule has 0 bridgehead atoms. The number of benzene rings is 2. The highest BCUT2D eigenvalue weighted by atomic mass is 79.9. The fourth-order valence-corrected chi connectivity index (χ4v) is 3.68. The molecule has 0 aliphatic heterocycles. The van der Waals surface area contributed by atoms with Crippen molar-refractivity contribution in [3.05, 3.63) is 62.2 Å². The molecule has 3 aromatic rings. The number of rotatable bonds is 6. The summed E-state index contributed by atoms with van der Waals surface area (Å²) in [5.74, 6) is -0.169. The molecule has 0 atom stereocenters. The molecule has 0 radical (unpaired) electrons. The van der Waals surface area contributed by atoms with E-state index in [4.69, 9.17) is 16.3 Å². The number of hydrogen-bond acceptors (Lipinski definition) is 2. The van der Waals surface area contributed by atoms with Gasteiger partial charge >= 0.3 is 5.97 Å². The second kappa shape index (κ2) is 7.72. The first-order valence-electron chi connectivity index (χ1n) is 8.30. The van der Waals surface area contributed by atoms with E-state index < -0.39 is 5.97 Å². The summed E-state index contributed by atoms with van der Waals surface area (Å²) in [5.41, 5.74) is 3.82. The highest BCUT2D eigenvalue weighted by molar-refractivity contribution is 9.10. The van der Waals surface area contributed by atoms with Gasteiger partial charge in [-0.25, -0.2) is 4.79 Å². The molecule has 6 heteroatoms. The van der Waals surface area contributed by atoms with Crippen LogP contribution in [0.15, 0.2) is 34.8 Å². The smallest absolute Gasteiger partial charge is 0.352 e. The maximum absolute atomic E-state index is 11.6. The first kappa shape index (κ1) is 18.8. The Kier molecular flexibility index (Phi) is 5.58. The number of fused-ring (bicyclic) bond motifs is 1. The van der Waals surface area contributed by atoms with E-state index in [1.807, 2.05) is 44.2 Å². The topological polar surface area (TPSA) is 62.3 Å². The van der Waals surface area contributed by atoms with E-state index >= 15 is 0 Å². The number of carboxylic acids is 1. The van der Waals surface area contributed by atoms with Crippen molar-refractivity contribution >= 4 is 44.4 Å². The lowest BCUT2D eigenvalue weighted by molar-refractivity contribution is 0.0690. The van der Waals surface area contributed by atoms with Crippen LogP contribution >= 0.6 is 27.5 Å². The molecule has 0 aliphatic carbocycles. The Morgan fingerprint density at radius 2 is 1.96 bits per heavy atom. The van der Waals surface area contributed by atoms with E-state index in [0.717, 1.165) is 42.8 Å². The number of aromatic carboxylic acids is 1. The van der Waals surface area contributed by atoms with Gasteiger partial charge in [0.15, 0.2) is 0 Å². The molecule has 2 N–H and O–H groups in total. The van der Waals surface area contributed by atoms with Gasteiger partial charge in [0.1, 0.15) is 11.4 Å². The standard InChI is InChI=1S/C20H19BrClNO3/c1-11-9-13(10-12(2)17(11)22)26-8-4-6-15-14-5-3-7-16(21)18(14)23-19(15)20(24)25/h3,5,7,9-10,23H,4,6,8H2,1-2H3,(H,24,25). The van der Waals surface area contributed by atoms with E-state index in [2.05, 4.69) is 20.9 Å². The molecule has 2 aromatic carbocycles. The number of halogens is 2. The Labute approximate surface area is 165 Å². The number of carbonyl (C=O) groups is 1. The molecule has 26 heavy (non-hydrogen) atoms. The minimum absolute atomic E-state index is 0.241. The molecule has 0 unspecified atom stereocenters. The van der Waals surface area contributed by atoms with Gasteiger partial charge in [0, 0.05) is 14.9 Å². The van der Waals surface area contributed by atoms with Crippen molar-refractivity contribution in [3.8, 4) is 5.75 Å². The summed E-state index contributed by atoms with van der Waals surface area (Å²) in [7, 11) is 0. The number of para-hydroxylation sites is 1. The van der Waals surface area contributed by atoms with Gasteiger partial charge in [-0.05, 0) is 77.5 Å². The summed E-state index contributed by atoms with van der Waals surface area (Å²) in [6.45, 7) is 4.40. The second-order valence-electron chi connectivity index (χ2n) is 6.27. The third kappa shape index (κ3) is 3.74. The lowest BCUT2D eigenvalue weighted by Crippen LogP contribution is -2.04. The molecule has 136 valence electrons. The van der Waals surface area contributed by atoms with Crippen LogP contribution in [0.5, 0.6) is 5.75 Å². The van der Waals surface area contributed by atoms with Crippen LogP contribution < -0.4 is 4.74 Å². The maximum Gasteiger partial charge on any atom is 0.352 e. The first-order valence-corrected chi connectivity index (χ1v) is 9.47. The molecule has 0 saturated carbocycles. The summed E-state index contributed by atoms with van der Waals surface area (Å²) in [5, 5.41) is 11.2. The molecule has 0 fully saturated rings. The van der Waals surface area contributed by atoms with Crippen LogP contribution in [0.2, 0.25) is 5.02 Å². The number of nitrogens with one attached hydrogen (secondary N) is 1. The van der Waals surface area contributed by atoms with Crippen molar-refractivity contribution in [3.63, 3.8) is 0 Å². The van der Waals surface area contributed by atoms with Crippen LogP contribution in [0.4, 0.5) is 0 Å². The second-order valence-corrected chi connectivity index (χ2v) is 7.50. The summed E-state index contributed by atoms with van der Waals surface area (Å²) >= 11 is 9.64.